The normalized spacial score (nSPS) is 19.8. The Labute approximate surface area is 149 Å². The topological polar surface area (TPSA) is 61.4 Å². The lowest BCUT2D eigenvalue weighted by molar-refractivity contribution is 0.0562. The molecule has 0 unspecified atom stereocenters. The largest absolute Gasteiger partial charge is 0.387 e. The van der Waals surface area contributed by atoms with Crippen molar-refractivity contribution in [2.24, 2.45) is 0 Å². The molecule has 1 aliphatic heterocycles. The fourth-order valence-corrected chi connectivity index (χ4v) is 3.19. The maximum Gasteiger partial charge on any atom is 0.251 e. The summed E-state index contributed by atoms with van der Waals surface area (Å²) in [6.07, 6.45) is 2.91. The molecule has 1 atom stereocenters. The van der Waals surface area contributed by atoms with Crippen LogP contribution in [-0.2, 0) is 6.42 Å². The Hall–Kier alpha value is -2.17. The molecule has 0 aliphatic carbocycles. The third kappa shape index (κ3) is 4.47. The number of aryl methyl sites for hydroxylation is 1. The summed E-state index contributed by atoms with van der Waals surface area (Å²) in [6, 6.07) is 16.2. The molecule has 132 valence electrons. The van der Waals surface area contributed by atoms with E-state index in [2.05, 4.69) is 41.8 Å². The molecule has 0 bridgehead atoms. The highest BCUT2D eigenvalue weighted by Gasteiger charge is 2.31. The standard InChI is InChI=1S/C21H26N2O2/c1-2-3-16-4-6-17(7-5-16)18-8-10-19(11-9-18)20(24)23-15-21(25)12-13-22-14-21/h4-11,22,25H,2-3,12-15H2,1H3,(H,23,24)/t21-/m0/s1. The average molecular weight is 338 g/mol. The Balaban J connectivity index is 1.62. The highest BCUT2D eigenvalue weighted by molar-refractivity contribution is 5.94. The minimum Gasteiger partial charge on any atom is -0.387 e. The van der Waals surface area contributed by atoms with Gasteiger partial charge in [0.25, 0.3) is 5.91 Å². The van der Waals surface area contributed by atoms with Crippen molar-refractivity contribution in [1.82, 2.24) is 10.6 Å². The third-order valence-electron chi connectivity index (χ3n) is 4.77. The van der Waals surface area contributed by atoms with E-state index in [0.717, 1.165) is 30.5 Å². The zero-order chi connectivity index (χ0) is 17.7. The first-order chi connectivity index (χ1) is 12.1. The van der Waals surface area contributed by atoms with Gasteiger partial charge in [0.15, 0.2) is 0 Å². The molecule has 2 aromatic carbocycles. The Morgan fingerprint density at radius 1 is 1.12 bits per heavy atom. The molecule has 0 spiro atoms. The number of hydrogen-bond donors (Lipinski definition) is 3. The van der Waals surface area contributed by atoms with Crippen LogP contribution in [0.5, 0.6) is 0 Å². The molecule has 0 saturated carbocycles. The minimum absolute atomic E-state index is 0.148. The van der Waals surface area contributed by atoms with Crippen molar-refractivity contribution < 1.29 is 9.90 Å². The van der Waals surface area contributed by atoms with Crippen molar-refractivity contribution in [2.75, 3.05) is 19.6 Å². The number of hydrogen-bond acceptors (Lipinski definition) is 3. The minimum atomic E-state index is -0.824. The number of β-amino-alcohol motifs (C(OH)–C–C–N with tert-alkyl or cyclic N) is 1. The van der Waals surface area contributed by atoms with Gasteiger partial charge in [0.1, 0.15) is 0 Å². The van der Waals surface area contributed by atoms with Crippen molar-refractivity contribution in [3.8, 4) is 11.1 Å². The van der Waals surface area contributed by atoms with E-state index in [9.17, 15) is 9.90 Å². The van der Waals surface area contributed by atoms with Gasteiger partial charge in [-0.05, 0) is 48.2 Å². The summed E-state index contributed by atoms with van der Waals surface area (Å²) >= 11 is 0. The zero-order valence-electron chi connectivity index (χ0n) is 14.7. The third-order valence-corrected chi connectivity index (χ3v) is 4.77. The molecule has 2 aromatic rings. The van der Waals surface area contributed by atoms with Crippen LogP contribution >= 0.6 is 0 Å². The average Bonchev–Trinajstić information content (AvgIpc) is 3.08. The molecule has 4 heteroatoms. The van der Waals surface area contributed by atoms with Gasteiger partial charge in [-0.1, -0.05) is 49.7 Å². The lowest BCUT2D eigenvalue weighted by Crippen LogP contribution is -2.44. The lowest BCUT2D eigenvalue weighted by atomic mass is 10.0. The van der Waals surface area contributed by atoms with E-state index in [1.54, 1.807) is 0 Å². The number of carbonyl (C=O) groups excluding carboxylic acids is 1. The molecule has 1 fully saturated rings. The quantitative estimate of drug-likeness (QED) is 0.759. The van der Waals surface area contributed by atoms with Crippen LogP contribution in [0.1, 0.15) is 35.7 Å². The Morgan fingerprint density at radius 2 is 1.76 bits per heavy atom. The predicted molar refractivity (Wildman–Crippen MR) is 101 cm³/mol. The molecular weight excluding hydrogens is 312 g/mol. The van der Waals surface area contributed by atoms with Gasteiger partial charge in [0.05, 0.1) is 5.60 Å². The summed E-state index contributed by atoms with van der Waals surface area (Å²) in [6.45, 7) is 3.78. The second-order valence-electron chi connectivity index (χ2n) is 6.86. The molecule has 25 heavy (non-hydrogen) atoms. The van der Waals surface area contributed by atoms with Crippen LogP contribution in [0.2, 0.25) is 0 Å². The highest BCUT2D eigenvalue weighted by Crippen LogP contribution is 2.21. The maximum absolute atomic E-state index is 12.3. The summed E-state index contributed by atoms with van der Waals surface area (Å²) in [4.78, 5) is 12.3. The fraction of sp³-hybridized carbons (Fsp3) is 0.381. The second kappa shape index (κ2) is 7.81. The summed E-state index contributed by atoms with van der Waals surface area (Å²) < 4.78 is 0. The summed E-state index contributed by atoms with van der Waals surface area (Å²) in [5, 5.41) is 16.2. The van der Waals surface area contributed by atoms with E-state index in [1.807, 2.05) is 24.3 Å². The van der Waals surface area contributed by atoms with E-state index in [1.165, 1.54) is 5.56 Å². The van der Waals surface area contributed by atoms with Crippen LogP contribution in [0, 0.1) is 0 Å². The van der Waals surface area contributed by atoms with Crippen LogP contribution in [-0.4, -0.2) is 36.2 Å². The van der Waals surface area contributed by atoms with Crippen molar-refractivity contribution in [2.45, 2.75) is 31.8 Å². The zero-order valence-corrected chi connectivity index (χ0v) is 14.7. The lowest BCUT2D eigenvalue weighted by Gasteiger charge is -2.21. The van der Waals surface area contributed by atoms with E-state index in [4.69, 9.17) is 0 Å². The van der Waals surface area contributed by atoms with Crippen molar-refractivity contribution in [3.05, 3.63) is 59.7 Å². The fourth-order valence-electron chi connectivity index (χ4n) is 3.19. The van der Waals surface area contributed by atoms with Crippen LogP contribution in [0.3, 0.4) is 0 Å². The van der Waals surface area contributed by atoms with Gasteiger partial charge < -0.3 is 15.7 Å². The van der Waals surface area contributed by atoms with Crippen LogP contribution in [0.15, 0.2) is 48.5 Å². The number of nitrogens with one attached hydrogen (secondary N) is 2. The number of amides is 1. The highest BCUT2D eigenvalue weighted by atomic mass is 16.3. The molecule has 0 radical (unpaired) electrons. The molecule has 4 nitrogen and oxygen atoms in total. The number of aliphatic hydroxyl groups is 1. The van der Waals surface area contributed by atoms with Gasteiger partial charge in [-0.3, -0.25) is 4.79 Å². The van der Waals surface area contributed by atoms with Crippen LogP contribution < -0.4 is 10.6 Å². The summed E-state index contributed by atoms with van der Waals surface area (Å²) in [5.74, 6) is -0.148. The Bertz CT molecular complexity index is 702. The van der Waals surface area contributed by atoms with Crippen LogP contribution in [0.25, 0.3) is 11.1 Å². The number of benzene rings is 2. The van der Waals surface area contributed by atoms with Gasteiger partial charge in [0.2, 0.25) is 0 Å². The van der Waals surface area contributed by atoms with Gasteiger partial charge in [0, 0.05) is 18.7 Å². The Morgan fingerprint density at radius 3 is 2.32 bits per heavy atom. The first-order valence-electron chi connectivity index (χ1n) is 9.00. The van der Waals surface area contributed by atoms with Crippen molar-refractivity contribution in [1.29, 1.82) is 0 Å². The molecule has 1 amide bonds. The number of carbonyl (C=O) groups is 1. The summed E-state index contributed by atoms with van der Waals surface area (Å²) in [7, 11) is 0. The predicted octanol–water partition coefficient (Wildman–Crippen LogP) is 2.76. The molecule has 0 aromatic heterocycles. The molecule has 1 heterocycles. The first kappa shape index (κ1) is 17.6. The van der Waals surface area contributed by atoms with Crippen LogP contribution in [0.4, 0.5) is 0 Å². The second-order valence-corrected chi connectivity index (χ2v) is 6.86. The first-order valence-corrected chi connectivity index (χ1v) is 9.00. The SMILES string of the molecule is CCCc1ccc(-c2ccc(C(=O)NC[C@]3(O)CCNC3)cc2)cc1. The van der Waals surface area contributed by atoms with E-state index >= 15 is 0 Å². The molecule has 3 rings (SSSR count). The van der Waals surface area contributed by atoms with E-state index < -0.39 is 5.60 Å². The Kier molecular flexibility index (Phi) is 5.51. The van der Waals surface area contributed by atoms with Gasteiger partial charge >= 0.3 is 0 Å². The number of rotatable bonds is 6. The molecule has 1 saturated heterocycles. The van der Waals surface area contributed by atoms with E-state index in [-0.39, 0.29) is 12.5 Å². The van der Waals surface area contributed by atoms with Crippen molar-refractivity contribution >= 4 is 5.91 Å². The van der Waals surface area contributed by atoms with Crippen molar-refractivity contribution in [3.63, 3.8) is 0 Å². The molecular formula is C21H26N2O2. The molecule has 3 N–H and O–H groups in total. The summed E-state index contributed by atoms with van der Waals surface area (Å²) in [5.41, 5.74) is 3.38. The van der Waals surface area contributed by atoms with E-state index in [0.29, 0.717) is 18.5 Å². The van der Waals surface area contributed by atoms with Gasteiger partial charge in [-0.25, -0.2) is 0 Å². The maximum atomic E-state index is 12.3. The molecule has 1 aliphatic rings. The monoisotopic (exact) mass is 338 g/mol. The van der Waals surface area contributed by atoms with Gasteiger partial charge in [-0.15, -0.1) is 0 Å². The smallest absolute Gasteiger partial charge is 0.251 e. The van der Waals surface area contributed by atoms with Gasteiger partial charge in [-0.2, -0.15) is 0 Å².